The van der Waals surface area contributed by atoms with Crippen LogP contribution in [0.2, 0.25) is 0 Å². The predicted octanol–water partition coefficient (Wildman–Crippen LogP) is 3.11. The Morgan fingerprint density at radius 3 is 2.48 bits per heavy atom. The summed E-state index contributed by atoms with van der Waals surface area (Å²) in [5.41, 5.74) is 0. The Morgan fingerprint density at radius 1 is 1.19 bits per heavy atom. The van der Waals surface area contributed by atoms with Crippen molar-refractivity contribution >= 4 is 11.8 Å². The monoisotopic (exact) mass is 296 g/mol. The van der Waals surface area contributed by atoms with Gasteiger partial charge in [0, 0.05) is 19.0 Å². The highest BCUT2D eigenvalue weighted by atomic mass is 16.2. The molecule has 2 atom stereocenters. The van der Waals surface area contributed by atoms with E-state index in [-0.39, 0.29) is 17.9 Å². The SMILES string of the molecule is CCCCC(CCC)N1CCC(=O)NC(CC(C)C)C1=O. The summed E-state index contributed by atoms with van der Waals surface area (Å²) < 4.78 is 0. The predicted molar refractivity (Wildman–Crippen MR) is 85.9 cm³/mol. The molecule has 0 aromatic carbocycles. The lowest BCUT2D eigenvalue weighted by Crippen LogP contribution is -2.49. The highest BCUT2D eigenvalue weighted by Gasteiger charge is 2.33. The number of carbonyl (C=O) groups excluding carboxylic acids is 2. The molecule has 2 amide bonds. The molecule has 1 saturated heterocycles. The second-order valence-corrected chi connectivity index (χ2v) is 6.62. The lowest BCUT2D eigenvalue weighted by atomic mass is 9.99. The van der Waals surface area contributed by atoms with Gasteiger partial charge in [0.15, 0.2) is 0 Å². The van der Waals surface area contributed by atoms with Crippen LogP contribution in [0.15, 0.2) is 0 Å². The van der Waals surface area contributed by atoms with Crippen molar-refractivity contribution in [2.24, 2.45) is 5.92 Å². The van der Waals surface area contributed by atoms with Gasteiger partial charge in [-0.25, -0.2) is 0 Å². The van der Waals surface area contributed by atoms with Gasteiger partial charge in [0.05, 0.1) is 0 Å². The Morgan fingerprint density at radius 2 is 1.90 bits per heavy atom. The third-order valence-electron chi connectivity index (χ3n) is 4.16. The van der Waals surface area contributed by atoms with Crippen molar-refractivity contribution in [1.29, 1.82) is 0 Å². The summed E-state index contributed by atoms with van der Waals surface area (Å²) in [4.78, 5) is 26.7. The molecule has 4 nitrogen and oxygen atoms in total. The van der Waals surface area contributed by atoms with Crippen molar-refractivity contribution in [3.63, 3.8) is 0 Å². The molecule has 0 saturated carbocycles. The van der Waals surface area contributed by atoms with Crippen LogP contribution in [0.25, 0.3) is 0 Å². The molecular weight excluding hydrogens is 264 g/mol. The maximum atomic E-state index is 12.8. The Balaban J connectivity index is 2.84. The number of hydrogen-bond acceptors (Lipinski definition) is 2. The van der Waals surface area contributed by atoms with Crippen molar-refractivity contribution in [3.05, 3.63) is 0 Å². The fraction of sp³-hybridized carbons (Fsp3) is 0.882. The largest absolute Gasteiger partial charge is 0.344 e. The fourth-order valence-electron chi connectivity index (χ4n) is 3.08. The number of carbonyl (C=O) groups is 2. The second-order valence-electron chi connectivity index (χ2n) is 6.62. The average molecular weight is 296 g/mol. The summed E-state index contributed by atoms with van der Waals surface area (Å²) in [6, 6.07) is -0.0363. The molecule has 0 aromatic rings. The number of unbranched alkanes of at least 4 members (excludes halogenated alkanes) is 1. The first-order valence-electron chi connectivity index (χ1n) is 8.59. The summed E-state index contributed by atoms with van der Waals surface area (Å²) in [5.74, 6) is 0.547. The second kappa shape index (κ2) is 9.06. The Kier molecular flexibility index (Phi) is 7.76. The molecule has 0 spiro atoms. The molecule has 0 aliphatic carbocycles. The van der Waals surface area contributed by atoms with Crippen LogP contribution in [0.1, 0.15) is 72.6 Å². The summed E-state index contributed by atoms with van der Waals surface area (Å²) in [6.07, 6.45) is 6.63. The molecule has 2 unspecified atom stereocenters. The Hall–Kier alpha value is -1.06. The molecule has 1 heterocycles. The van der Waals surface area contributed by atoms with Gasteiger partial charge in [-0.05, 0) is 25.2 Å². The third kappa shape index (κ3) is 5.68. The zero-order valence-electron chi connectivity index (χ0n) is 14.2. The van der Waals surface area contributed by atoms with E-state index >= 15 is 0 Å². The normalized spacial score (nSPS) is 21.4. The van der Waals surface area contributed by atoms with Gasteiger partial charge >= 0.3 is 0 Å². The summed E-state index contributed by atoms with van der Waals surface area (Å²) in [7, 11) is 0. The minimum Gasteiger partial charge on any atom is -0.344 e. The molecule has 1 aliphatic heterocycles. The Labute approximate surface area is 129 Å². The van der Waals surface area contributed by atoms with E-state index in [2.05, 4.69) is 33.0 Å². The first kappa shape index (κ1) is 18.0. The molecular formula is C17H32N2O2. The lowest BCUT2D eigenvalue weighted by molar-refractivity contribution is -0.136. The molecule has 0 radical (unpaired) electrons. The highest BCUT2D eigenvalue weighted by Crippen LogP contribution is 2.20. The highest BCUT2D eigenvalue weighted by molar-refractivity contribution is 5.90. The van der Waals surface area contributed by atoms with E-state index in [1.54, 1.807) is 0 Å². The quantitative estimate of drug-likeness (QED) is 0.748. The molecule has 0 aromatic heterocycles. The van der Waals surface area contributed by atoms with E-state index in [0.29, 0.717) is 24.9 Å². The van der Waals surface area contributed by atoms with E-state index in [9.17, 15) is 9.59 Å². The third-order valence-corrected chi connectivity index (χ3v) is 4.16. The van der Waals surface area contributed by atoms with Crippen molar-refractivity contribution in [2.75, 3.05) is 6.54 Å². The summed E-state index contributed by atoms with van der Waals surface area (Å²) in [6.45, 7) is 9.11. The van der Waals surface area contributed by atoms with Crippen LogP contribution in [-0.2, 0) is 9.59 Å². The van der Waals surface area contributed by atoms with E-state index in [1.165, 1.54) is 0 Å². The molecule has 21 heavy (non-hydrogen) atoms. The minimum absolute atomic E-state index is 0.0160. The van der Waals surface area contributed by atoms with Gasteiger partial charge in [0.1, 0.15) is 6.04 Å². The van der Waals surface area contributed by atoms with Gasteiger partial charge in [-0.15, -0.1) is 0 Å². The molecule has 1 aliphatic rings. The number of nitrogens with one attached hydrogen (secondary N) is 1. The van der Waals surface area contributed by atoms with Crippen LogP contribution in [0.4, 0.5) is 0 Å². The molecule has 4 heteroatoms. The van der Waals surface area contributed by atoms with Crippen molar-refractivity contribution in [2.45, 2.75) is 84.7 Å². The number of rotatable bonds is 8. The van der Waals surface area contributed by atoms with Crippen LogP contribution in [0.5, 0.6) is 0 Å². The van der Waals surface area contributed by atoms with E-state index in [0.717, 1.165) is 38.5 Å². The minimum atomic E-state index is -0.332. The Bertz CT molecular complexity index is 342. The van der Waals surface area contributed by atoms with Crippen LogP contribution < -0.4 is 5.32 Å². The van der Waals surface area contributed by atoms with Gasteiger partial charge in [0.2, 0.25) is 11.8 Å². The maximum Gasteiger partial charge on any atom is 0.245 e. The van der Waals surface area contributed by atoms with Crippen molar-refractivity contribution < 1.29 is 9.59 Å². The number of hydrogen-bond donors (Lipinski definition) is 1. The first-order valence-corrected chi connectivity index (χ1v) is 8.59. The van der Waals surface area contributed by atoms with E-state index in [1.807, 2.05) is 4.90 Å². The average Bonchev–Trinajstić information content (AvgIpc) is 2.55. The van der Waals surface area contributed by atoms with Crippen LogP contribution in [0.3, 0.4) is 0 Å². The molecule has 0 bridgehead atoms. The maximum absolute atomic E-state index is 12.8. The van der Waals surface area contributed by atoms with Gasteiger partial charge < -0.3 is 10.2 Å². The topological polar surface area (TPSA) is 49.4 Å². The van der Waals surface area contributed by atoms with Crippen molar-refractivity contribution in [3.8, 4) is 0 Å². The van der Waals surface area contributed by atoms with Crippen LogP contribution in [-0.4, -0.2) is 35.3 Å². The molecule has 1 N–H and O–H groups in total. The fourth-order valence-corrected chi connectivity index (χ4v) is 3.08. The van der Waals surface area contributed by atoms with Gasteiger partial charge in [-0.2, -0.15) is 0 Å². The van der Waals surface area contributed by atoms with Gasteiger partial charge in [-0.1, -0.05) is 47.0 Å². The molecule has 1 rings (SSSR count). The van der Waals surface area contributed by atoms with Crippen LogP contribution in [0, 0.1) is 5.92 Å². The van der Waals surface area contributed by atoms with Gasteiger partial charge in [0.25, 0.3) is 0 Å². The first-order chi connectivity index (χ1) is 9.99. The number of nitrogens with zero attached hydrogens (tertiary/aromatic N) is 1. The van der Waals surface area contributed by atoms with Crippen LogP contribution >= 0.6 is 0 Å². The number of amides is 2. The summed E-state index contributed by atoms with van der Waals surface area (Å²) in [5, 5.41) is 2.91. The zero-order chi connectivity index (χ0) is 15.8. The van der Waals surface area contributed by atoms with E-state index in [4.69, 9.17) is 0 Å². The van der Waals surface area contributed by atoms with Gasteiger partial charge in [-0.3, -0.25) is 9.59 Å². The van der Waals surface area contributed by atoms with E-state index < -0.39 is 0 Å². The molecule has 122 valence electrons. The summed E-state index contributed by atoms with van der Waals surface area (Å²) >= 11 is 0. The standard InChI is InChI=1S/C17H32N2O2/c1-5-7-9-14(8-6-2)19-11-10-16(20)18-15(17(19)21)12-13(3)4/h13-15H,5-12H2,1-4H3,(H,18,20). The molecule has 1 fully saturated rings. The van der Waals surface area contributed by atoms with Crippen molar-refractivity contribution in [1.82, 2.24) is 10.2 Å². The smallest absolute Gasteiger partial charge is 0.245 e. The zero-order valence-corrected chi connectivity index (χ0v) is 14.2. The lowest BCUT2D eigenvalue weighted by Gasteiger charge is -2.33.